The van der Waals surface area contributed by atoms with E-state index in [0.717, 1.165) is 12.2 Å². The van der Waals surface area contributed by atoms with Crippen LogP contribution in [0.25, 0.3) is 0 Å². The van der Waals surface area contributed by atoms with Crippen LogP contribution in [-0.4, -0.2) is 19.2 Å². The Morgan fingerprint density at radius 3 is 2.35 bits per heavy atom. The molecule has 0 saturated carbocycles. The molecule has 0 fully saturated rings. The molecule has 0 aliphatic heterocycles. The molecule has 0 spiro atoms. The number of hydrogen-bond acceptors (Lipinski definition) is 2. The SMILES string of the molecule is CNC(C)CC(C)Oc1ccccc1C(C)C. The van der Waals surface area contributed by atoms with Crippen LogP contribution in [-0.2, 0) is 0 Å². The van der Waals surface area contributed by atoms with Crippen LogP contribution in [0.3, 0.4) is 0 Å². The molecular weight excluding hydrogens is 210 g/mol. The maximum Gasteiger partial charge on any atom is 0.123 e. The van der Waals surface area contributed by atoms with E-state index in [1.165, 1.54) is 5.56 Å². The molecule has 0 saturated heterocycles. The largest absolute Gasteiger partial charge is 0.490 e. The number of benzene rings is 1. The zero-order valence-corrected chi connectivity index (χ0v) is 11.7. The zero-order chi connectivity index (χ0) is 12.8. The van der Waals surface area contributed by atoms with Crippen LogP contribution in [0.4, 0.5) is 0 Å². The number of nitrogens with one attached hydrogen (secondary N) is 1. The van der Waals surface area contributed by atoms with E-state index in [4.69, 9.17) is 4.74 Å². The third-order valence-corrected chi connectivity index (χ3v) is 3.05. The van der Waals surface area contributed by atoms with E-state index in [1.54, 1.807) is 0 Å². The number of ether oxygens (including phenoxy) is 1. The Morgan fingerprint density at radius 1 is 1.12 bits per heavy atom. The lowest BCUT2D eigenvalue weighted by molar-refractivity contribution is 0.195. The number of hydrogen-bond donors (Lipinski definition) is 1. The Morgan fingerprint density at radius 2 is 1.76 bits per heavy atom. The molecule has 1 aromatic rings. The fourth-order valence-electron chi connectivity index (χ4n) is 1.95. The summed E-state index contributed by atoms with van der Waals surface area (Å²) in [7, 11) is 1.99. The second kappa shape index (κ2) is 6.65. The van der Waals surface area contributed by atoms with Crippen LogP contribution in [0.5, 0.6) is 5.75 Å². The lowest BCUT2D eigenvalue weighted by Crippen LogP contribution is -2.28. The monoisotopic (exact) mass is 235 g/mol. The Hall–Kier alpha value is -1.02. The molecule has 0 aliphatic rings. The summed E-state index contributed by atoms with van der Waals surface area (Å²) in [4.78, 5) is 0. The minimum Gasteiger partial charge on any atom is -0.490 e. The maximum atomic E-state index is 6.04. The minimum atomic E-state index is 0.234. The molecule has 0 aromatic heterocycles. The van der Waals surface area contributed by atoms with Gasteiger partial charge in [-0.05, 0) is 44.9 Å². The summed E-state index contributed by atoms with van der Waals surface area (Å²) in [6, 6.07) is 8.80. The minimum absolute atomic E-state index is 0.234. The molecule has 2 atom stereocenters. The van der Waals surface area contributed by atoms with Crippen molar-refractivity contribution in [1.82, 2.24) is 5.32 Å². The van der Waals surface area contributed by atoms with Crippen molar-refractivity contribution in [2.75, 3.05) is 7.05 Å². The highest BCUT2D eigenvalue weighted by Crippen LogP contribution is 2.27. The van der Waals surface area contributed by atoms with E-state index < -0.39 is 0 Å². The molecular formula is C15H25NO. The first-order valence-electron chi connectivity index (χ1n) is 6.47. The van der Waals surface area contributed by atoms with Crippen molar-refractivity contribution < 1.29 is 4.74 Å². The fraction of sp³-hybridized carbons (Fsp3) is 0.600. The molecule has 1 aromatic carbocycles. The van der Waals surface area contributed by atoms with Crippen LogP contribution < -0.4 is 10.1 Å². The van der Waals surface area contributed by atoms with Gasteiger partial charge in [0.15, 0.2) is 0 Å². The molecule has 0 heterocycles. The first-order valence-corrected chi connectivity index (χ1v) is 6.47. The summed E-state index contributed by atoms with van der Waals surface area (Å²) in [6.07, 6.45) is 1.25. The van der Waals surface area contributed by atoms with Crippen molar-refractivity contribution >= 4 is 0 Å². The highest BCUT2D eigenvalue weighted by atomic mass is 16.5. The van der Waals surface area contributed by atoms with Gasteiger partial charge in [-0.1, -0.05) is 32.0 Å². The summed E-state index contributed by atoms with van der Waals surface area (Å²) >= 11 is 0. The van der Waals surface area contributed by atoms with Gasteiger partial charge in [0.25, 0.3) is 0 Å². The maximum absolute atomic E-state index is 6.04. The summed E-state index contributed by atoms with van der Waals surface area (Å²) in [5, 5.41) is 3.24. The van der Waals surface area contributed by atoms with Gasteiger partial charge in [0, 0.05) is 6.04 Å². The van der Waals surface area contributed by atoms with Crippen LogP contribution in [0, 0.1) is 0 Å². The highest BCUT2D eigenvalue weighted by molar-refractivity contribution is 5.35. The van der Waals surface area contributed by atoms with Gasteiger partial charge in [0.1, 0.15) is 5.75 Å². The average molecular weight is 235 g/mol. The first kappa shape index (κ1) is 14.0. The molecule has 0 radical (unpaired) electrons. The molecule has 0 bridgehead atoms. The fourth-order valence-corrected chi connectivity index (χ4v) is 1.95. The van der Waals surface area contributed by atoms with Crippen LogP contribution in [0.1, 0.15) is 45.6 Å². The smallest absolute Gasteiger partial charge is 0.123 e. The summed E-state index contributed by atoms with van der Waals surface area (Å²) in [6.45, 7) is 8.70. The Kier molecular flexibility index (Phi) is 5.49. The van der Waals surface area contributed by atoms with Crippen molar-refractivity contribution in [2.45, 2.75) is 52.2 Å². The van der Waals surface area contributed by atoms with Gasteiger partial charge < -0.3 is 10.1 Å². The predicted octanol–water partition coefficient (Wildman–Crippen LogP) is 3.58. The van der Waals surface area contributed by atoms with E-state index in [2.05, 4.69) is 51.2 Å². The lowest BCUT2D eigenvalue weighted by Gasteiger charge is -2.21. The highest BCUT2D eigenvalue weighted by Gasteiger charge is 2.12. The van der Waals surface area contributed by atoms with Gasteiger partial charge in [-0.15, -0.1) is 0 Å². The van der Waals surface area contributed by atoms with Crippen LogP contribution in [0.15, 0.2) is 24.3 Å². The number of para-hydroxylation sites is 1. The van der Waals surface area contributed by atoms with E-state index in [9.17, 15) is 0 Å². The molecule has 0 amide bonds. The van der Waals surface area contributed by atoms with Crippen molar-refractivity contribution in [3.63, 3.8) is 0 Å². The molecule has 96 valence electrons. The van der Waals surface area contributed by atoms with E-state index >= 15 is 0 Å². The van der Waals surface area contributed by atoms with Gasteiger partial charge >= 0.3 is 0 Å². The van der Waals surface area contributed by atoms with Crippen molar-refractivity contribution in [1.29, 1.82) is 0 Å². The summed E-state index contributed by atoms with van der Waals surface area (Å²) in [5.74, 6) is 1.53. The Bertz CT molecular complexity index is 335. The summed E-state index contributed by atoms with van der Waals surface area (Å²) < 4.78 is 6.04. The molecule has 2 unspecified atom stereocenters. The topological polar surface area (TPSA) is 21.3 Å². The molecule has 2 nitrogen and oxygen atoms in total. The van der Waals surface area contributed by atoms with Gasteiger partial charge in [-0.2, -0.15) is 0 Å². The molecule has 2 heteroatoms. The predicted molar refractivity (Wildman–Crippen MR) is 73.8 cm³/mol. The second-order valence-electron chi connectivity index (χ2n) is 5.05. The molecule has 17 heavy (non-hydrogen) atoms. The van der Waals surface area contributed by atoms with Crippen LogP contribution >= 0.6 is 0 Å². The van der Waals surface area contributed by atoms with E-state index in [1.807, 2.05) is 13.1 Å². The standard InChI is InChI=1S/C15H25NO/c1-11(2)14-8-6-7-9-15(14)17-13(4)10-12(3)16-5/h6-9,11-13,16H,10H2,1-5H3. The van der Waals surface area contributed by atoms with Gasteiger partial charge in [-0.25, -0.2) is 0 Å². The molecule has 0 aliphatic carbocycles. The van der Waals surface area contributed by atoms with Crippen molar-refractivity contribution in [3.8, 4) is 5.75 Å². The Labute approximate surface area is 105 Å². The third-order valence-electron chi connectivity index (χ3n) is 3.05. The normalized spacial score (nSPS) is 14.7. The third kappa shape index (κ3) is 4.39. The van der Waals surface area contributed by atoms with Crippen molar-refractivity contribution in [3.05, 3.63) is 29.8 Å². The summed E-state index contributed by atoms with van der Waals surface area (Å²) in [5.41, 5.74) is 1.29. The Balaban J connectivity index is 2.67. The molecule has 1 N–H and O–H groups in total. The lowest BCUT2D eigenvalue weighted by atomic mass is 10.0. The van der Waals surface area contributed by atoms with Crippen LogP contribution in [0.2, 0.25) is 0 Å². The van der Waals surface area contributed by atoms with E-state index in [0.29, 0.717) is 12.0 Å². The average Bonchev–Trinajstić information content (AvgIpc) is 2.29. The van der Waals surface area contributed by atoms with Gasteiger partial charge in [0.2, 0.25) is 0 Å². The zero-order valence-electron chi connectivity index (χ0n) is 11.7. The van der Waals surface area contributed by atoms with Crippen molar-refractivity contribution in [2.24, 2.45) is 0 Å². The van der Waals surface area contributed by atoms with Gasteiger partial charge in [0.05, 0.1) is 6.10 Å². The second-order valence-corrected chi connectivity index (χ2v) is 5.05. The molecule has 1 rings (SSSR count). The van der Waals surface area contributed by atoms with E-state index in [-0.39, 0.29) is 6.10 Å². The number of rotatable bonds is 6. The van der Waals surface area contributed by atoms with Gasteiger partial charge in [-0.3, -0.25) is 0 Å². The quantitative estimate of drug-likeness (QED) is 0.814. The first-order chi connectivity index (χ1) is 8.04.